The van der Waals surface area contributed by atoms with E-state index in [-0.39, 0.29) is 24.2 Å². The van der Waals surface area contributed by atoms with E-state index in [0.29, 0.717) is 19.5 Å². The van der Waals surface area contributed by atoms with Crippen LogP contribution in [0.3, 0.4) is 0 Å². The number of aromatic nitrogens is 2. The molecule has 1 aliphatic heterocycles. The van der Waals surface area contributed by atoms with E-state index in [1.165, 1.54) is 0 Å². The third-order valence-electron chi connectivity index (χ3n) is 5.06. The molecule has 144 valence electrons. The molecule has 0 aliphatic carbocycles. The van der Waals surface area contributed by atoms with Gasteiger partial charge in [0, 0.05) is 19.5 Å². The molecule has 2 aromatic rings. The van der Waals surface area contributed by atoms with Gasteiger partial charge in [-0.15, -0.1) is 0 Å². The normalized spacial score (nSPS) is 15.3. The molecule has 6 heteroatoms. The molecule has 2 heterocycles. The van der Waals surface area contributed by atoms with Crippen LogP contribution < -0.4 is 0 Å². The van der Waals surface area contributed by atoms with Crippen LogP contribution in [-0.2, 0) is 29.1 Å². The second-order valence-corrected chi connectivity index (χ2v) is 7.49. The fourth-order valence-electron chi connectivity index (χ4n) is 3.74. The van der Waals surface area contributed by atoms with Crippen molar-refractivity contribution < 1.29 is 14.7 Å². The quantitative estimate of drug-likeness (QED) is 0.849. The molecule has 0 radical (unpaired) electrons. The number of aliphatic carboxylic acids is 1. The van der Waals surface area contributed by atoms with Crippen LogP contribution in [0, 0.1) is 5.92 Å². The van der Waals surface area contributed by atoms with Crippen molar-refractivity contribution in [2.75, 3.05) is 6.54 Å². The summed E-state index contributed by atoms with van der Waals surface area (Å²) in [5, 5.41) is 13.4. The summed E-state index contributed by atoms with van der Waals surface area (Å²) in [7, 11) is 0. The molecule has 0 spiro atoms. The van der Waals surface area contributed by atoms with Crippen molar-refractivity contribution in [3.8, 4) is 0 Å². The lowest BCUT2D eigenvalue weighted by molar-refractivity contribution is -0.137. The molecular weight excluding hydrogens is 342 g/mol. The van der Waals surface area contributed by atoms with E-state index in [0.717, 1.165) is 29.9 Å². The van der Waals surface area contributed by atoms with E-state index in [4.69, 9.17) is 5.11 Å². The van der Waals surface area contributed by atoms with Crippen molar-refractivity contribution in [3.05, 3.63) is 53.3 Å². The molecular formula is C21H27N3O3. The Kier molecular flexibility index (Phi) is 5.94. The number of hydrogen-bond donors (Lipinski definition) is 1. The lowest BCUT2D eigenvalue weighted by Crippen LogP contribution is -2.36. The van der Waals surface area contributed by atoms with Crippen molar-refractivity contribution in [1.82, 2.24) is 14.7 Å². The zero-order valence-corrected chi connectivity index (χ0v) is 16.0. The second-order valence-electron chi connectivity index (χ2n) is 7.49. The number of nitrogens with zero attached hydrogens (tertiary/aromatic N) is 3. The number of aryl methyl sites for hydroxylation is 2. The number of benzene rings is 1. The van der Waals surface area contributed by atoms with E-state index < -0.39 is 5.97 Å². The highest BCUT2D eigenvalue weighted by Gasteiger charge is 2.30. The molecule has 1 atom stereocenters. The van der Waals surface area contributed by atoms with Gasteiger partial charge in [-0.2, -0.15) is 5.10 Å². The highest BCUT2D eigenvalue weighted by Crippen LogP contribution is 2.28. The first-order chi connectivity index (χ1) is 13.0. The van der Waals surface area contributed by atoms with E-state index in [1.807, 2.05) is 46.0 Å². The number of fused-ring (bicyclic) bond motifs is 1. The van der Waals surface area contributed by atoms with Gasteiger partial charge >= 0.3 is 5.97 Å². The van der Waals surface area contributed by atoms with Gasteiger partial charge in [0.05, 0.1) is 30.3 Å². The first-order valence-electron chi connectivity index (χ1n) is 9.57. The van der Waals surface area contributed by atoms with Gasteiger partial charge in [0.25, 0.3) is 0 Å². The van der Waals surface area contributed by atoms with Gasteiger partial charge < -0.3 is 10.0 Å². The first kappa shape index (κ1) is 19.1. The molecule has 1 amide bonds. The highest BCUT2D eigenvalue weighted by molar-refractivity contribution is 5.84. The fourth-order valence-corrected chi connectivity index (χ4v) is 3.74. The average molecular weight is 369 g/mol. The number of carboxylic acid groups (broad SMARTS) is 1. The summed E-state index contributed by atoms with van der Waals surface area (Å²) in [6.07, 6.45) is 1.34. The number of carbonyl (C=O) groups excluding carboxylic acids is 1. The summed E-state index contributed by atoms with van der Waals surface area (Å²) in [6.45, 7) is 6.16. The lowest BCUT2D eigenvalue weighted by Gasteiger charge is -2.28. The van der Waals surface area contributed by atoms with Crippen LogP contribution in [0.25, 0.3) is 0 Å². The van der Waals surface area contributed by atoms with E-state index in [1.54, 1.807) is 0 Å². The zero-order valence-electron chi connectivity index (χ0n) is 16.0. The monoisotopic (exact) mass is 369 g/mol. The Morgan fingerprint density at radius 2 is 1.93 bits per heavy atom. The van der Waals surface area contributed by atoms with Gasteiger partial charge in [-0.25, -0.2) is 0 Å². The smallest absolute Gasteiger partial charge is 0.303 e. The molecule has 0 fully saturated rings. The molecule has 0 bridgehead atoms. The van der Waals surface area contributed by atoms with Crippen LogP contribution in [0.15, 0.2) is 36.4 Å². The third-order valence-corrected chi connectivity index (χ3v) is 5.06. The topological polar surface area (TPSA) is 75.4 Å². The molecule has 1 aliphatic rings. The van der Waals surface area contributed by atoms with E-state index >= 15 is 0 Å². The van der Waals surface area contributed by atoms with Crippen LogP contribution in [-0.4, -0.2) is 38.2 Å². The summed E-state index contributed by atoms with van der Waals surface area (Å²) in [4.78, 5) is 26.1. The Bertz CT molecular complexity index is 798. The Labute approximate surface area is 159 Å². The maximum Gasteiger partial charge on any atom is 0.303 e. The number of hydrogen-bond acceptors (Lipinski definition) is 3. The largest absolute Gasteiger partial charge is 0.481 e. The standard InChI is InChI=1S/C21H27N3O3/c1-15(2)20(16-7-4-3-5-8-16)21(27)23-11-6-12-24-18(14-23)13-17(22-24)9-10-19(25)26/h3-5,7-8,13,15,20H,6,9-12,14H2,1-2H3,(H,25,26)/t20-/m0/s1. The molecule has 27 heavy (non-hydrogen) atoms. The van der Waals surface area contributed by atoms with Gasteiger partial charge in [-0.1, -0.05) is 44.2 Å². The van der Waals surface area contributed by atoms with Crippen LogP contribution in [0.5, 0.6) is 0 Å². The van der Waals surface area contributed by atoms with Gasteiger partial charge in [0.15, 0.2) is 0 Å². The molecule has 1 N–H and O–H groups in total. The minimum absolute atomic E-state index is 0.0720. The van der Waals surface area contributed by atoms with Crippen LogP contribution in [0.2, 0.25) is 0 Å². The van der Waals surface area contributed by atoms with Crippen molar-refractivity contribution in [3.63, 3.8) is 0 Å². The minimum Gasteiger partial charge on any atom is -0.481 e. The third kappa shape index (κ3) is 4.56. The minimum atomic E-state index is -0.822. The van der Waals surface area contributed by atoms with E-state index in [2.05, 4.69) is 18.9 Å². The SMILES string of the molecule is CC(C)[C@H](C(=O)N1CCCn2nc(CCC(=O)O)cc2C1)c1ccccc1. The first-order valence-corrected chi connectivity index (χ1v) is 9.57. The number of carbonyl (C=O) groups is 2. The van der Waals surface area contributed by atoms with Gasteiger partial charge in [-0.05, 0) is 24.0 Å². The second kappa shape index (κ2) is 8.37. The predicted molar refractivity (Wildman–Crippen MR) is 102 cm³/mol. The van der Waals surface area contributed by atoms with Gasteiger partial charge in [-0.3, -0.25) is 14.3 Å². The summed E-state index contributed by atoms with van der Waals surface area (Å²) in [6, 6.07) is 11.9. The molecule has 0 saturated carbocycles. The van der Waals surface area contributed by atoms with Gasteiger partial charge in [0.2, 0.25) is 5.91 Å². The van der Waals surface area contributed by atoms with Crippen molar-refractivity contribution >= 4 is 11.9 Å². The number of amides is 1. The molecule has 3 rings (SSSR count). The van der Waals surface area contributed by atoms with E-state index in [9.17, 15) is 9.59 Å². The maximum atomic E-state index is 13.3. The summed E-state index contributed by atoms with van der Waals surface area (Å²) in [5.74, 6) is -0.623. The molecule has 0 unspecified atom stereocenters. The van der Waals surface area contributed by atoms with Crippen molar-refractivity contribution in [1.29, 1.82) is 0 Å². The van der Waals surface area contributed by atoms with Crippen LogP contribution in [0.4, 0.5) is 0 Å². The summed E-state index contributed by atoms with van der Waals surface area (Å²) in [5.41, 5.74) is 2.82. The Morgan fingerprint density at radius 3 is 2.59 bits per heavy atom. The molecule has 1 aromatic carbocycles. The van der Waals surface area contributed by atoms with Crippen LogP contribution in [0.1, 0.15) is 49.6 Å². The van der Waals surface area contributed by atoms with Crippen molar-refractivity contribution in [2.24, 2.45) is 5.92 Å². The Morgan fingerprint density at radius 1 is 1.19 bits per heavy atom. The van der Waals surface area contributed by atoms with Crippen LogP contribution >= 0.6 is 0 Å². The molecule has 0 saturated heterocycles. The zero-order chi connectivity index (χ0) is 19.4. The maximum absolute atomic E-state index is 13.3. The number of carboxylic acids is 1. The highest BCUT2D eigenvalue weighted by atomic mass is 16.4. The Balaban J connectivity index is 1.78. The Hall–Kier alpha value is -2.63. The van der Waals surface area contributed by atoms with Gasteiger partial charge in [0.1, 0.15) is 0 Å². The molecule has 1 aromatic heterocycles. The summed E-state index contributed by atoms with van der Waals surface area (Å²) >= 11 is 0. The number of rotatable bonds is 6. The lowest BCUT2D eigenvalue weighted by atomic mass is 9.87. The predicted octanol–water partition coefficient (Wildman–Crippen LogP) is 3.07. The average Bonchev–Trinajstić information content (AvgIpc) is 2.91. The summed E-state index contributed by atoms with van der Waals surface area (Å²) < 4.78 is 1.93. The fraction of sp³-hybridized carbons (Fsp3) is 0.476. The van der Waals surface area contributed by atoms with Crippen molar-refractivity contribution in [2.45, 2.75) is 52.1 Å². The molecule has 6 nitrogen and oxygen atoms in total.